The van der Waals surface area contributed by atoms with Crippen molar-refractivity contribution in [2.75, 3.05) is 6.54 Å². The minimum absolute atomic E-state index is 0.0104. The van der Waals surface area contributed by atoms with Gasteiger partial charge in [0.2, 0.25) is 0 Å². The van der Waals surface area contributed by atoms with Crippen molar-refractivity contribution in [3.8, 4) is 11.5 Å². The van der Waals surface area contributed by atoms with E-state index in [9.17, 15) is 14.0 Å². The summed E-state index contributed by atoms with van der Waals surface area (Å²) in [6.45, 7) is 4.26. The van der Waals surface area contributed by atoms with Crippen LogP contribution >= 0.6 is 0 Å². The summed E-state index contributed by atoms with van der Waals surface area (Å²) in [4.78, 5) is 30.8. The molecule has 1 aliphatic heterocycles. The number of fused-ring (bicyclic) bond motifs is 1. The molecule has 1 unspecified atom stereocenters. The van der Waals surface area contributed by atoms with Crippen LogP contribution in [0.25, 0.3) is 11.5 Å². The van der Waals surface area contributed by atoms with Gasteiger partial charge in [-0.3, -0.25) is 14.6 Å². The highest BCUT2D eigenvalue weighted by molar-refractivity contribution is 5.94. The molecule has 1 aromatic carbocycles. The van der Waals surface area contributed by atoms with Crippen LogP contribution in [-0.2, 0) is 13.0 Å². The third-order valence-corrected chi connectivity index (χ3v) is 5.89. The maximum atomic E-state index is 14.7. The highest BCUT2D eigenvalue weighted by atomic mass is 19.1. The summed E-state index contributed by atoms with van der Waals surface area (Å²) in [6, 6.07) is 11.6. The SMILES string of the molecule is Cc1cc(Cc2ccc(F)c(C(=O)N3Cc4nnc(-c5ccccn5)n4C(C)C3)c2)n[nH]c1=O. The zero-order valence-corrected chi connectivity index (χ0v) is 18.7. The van der Waals surface area contributed by atoms with E-state index in [4.69, 9.17) is 0 Å². The maximum Gasteiger partial charge on any atom is 0.267 e. The number of hydrogen-bond donors (Lipinski definition) is 1. The van der Waals surface area contributed by atoms with Crippen LogP contribution in [0.2, 0.25) is 0 Å². The Bertz CT molecular complexity index is 1430. The van der Waals surface area contributed by atoms with E-state index in [1.807, 2.05) is 29.7 Å². The van der Waals surface area contributed by atoms with Gasteiger partial charge in [0.1, 0.15) is 11.5 Å². The minimum atomic E-state index is -0.590. The lowest BCUT2D eigenvalue weighted by molar-refractivity contribution is 0.0677. The van der Waals surface area contributed by atoms with Gasteiger partial charge in [-0.1, -0.05) is 12.1 Å². The van der Waals surface area contributed by atoms with Gasteiger partial charge < -0.3 is 9.47 Å². The van der Waals surface area contributed by atoms with Crippen molar-refractivity contribution in [2.45, 2.75) is 32.9 Å². The van der Waals surface area contributed by atoms with Gasteiger partial charge in [0, 0.05) is 24.7 Å². The van der Waals surface area contributed by atoms with E-state index < -0.39 is 11.7 Å². The van der Waals surface area contributed by atoms with Gasteiger partial charge in [0.15, 0.2) is 11.6 Å². The van der Waals surface area contributed by atoms with Crippen molar-refractivity contribution in [3.63, 3.8) is 0 Å². The predicted molar refractivity (Wildman–Crippen MR) is 122 cm³/mol. The Kier molecular flexibility index (Phi) is 5.48. The molecule has 0 saturated heterocycles. The Labute approximate surface area is 194 Å². The molecule has 3 aromatic heterocycles. The van der Waals surface area contributed by atoms with E-state index in [0.29, 0.717) is 41.6 Å². The Balaban J connectivity index is 1.40. The monoisotopic (exact) mass is 459 g/mol. The molecule has 4 heterocycles. The highest BCUT2D eigenvalue weighted by Gasteiger charge is 2.31. The highest BCUT2D eigenvalue weighted by Crippen LogP contribution is 2.28. The van der Waals surface area contributed by atoms with Gasteiger partial charge in [-0.2, -0.15) is 5.10 Å². The van der Waals surface area contributed by atoms with Crippen molar-refractivity contribution >= 4 is 5.91 Å². The van der Waals surface area contributed by atoms with Crippen molar-refractivity contribution in [1.29, 1.82) is 0 Å². The molecule has 0 radical (unpaired) electrons. The van der Waals surface area contributed by atoms with Gasteiger partial charge in [0.05, 0.1) is 23.8 Å². The second kappa shape index (κ2) is 8.62. The first-order valence-electron chi connectivity index (χ1n) is 10.9. The fourth-order valence-corrected chi connectivity index (χ4v) is 4.23. The first-order chi connectivity index (χ1) is 16.4. The molecule has 4 aromatic rings. The molecule has 5 rings (SSSR count). The normalized spacial score (nSPS) is 15.3. The number of nitrogens with zero attached hydrogens (tertiary/aromatic N) is 6. The Morgan fingerprint density at radius 2 is 2.06 bits per heavy atom. The lowest BCUT2D eigenvalue weighted by atomic mass is 10.0. The zero-order chi connectivity index (χ0) is 23.8. The van der Waals surface area contributed by atoms with Gasteiger partial charge in [-0.15, -0.1) is 10.2 Å². The summed E-state index contributed by atoms with van der Waals surface area (Å²) in [7, 11) is 0. The van der Waals surface area contributed by atoms with Crippen LogP contribution in [0.3, 0.4) is 0 Å². The molecule has 0 spiro atoms. The largest absolute Gasteiger partial charge is 0.329 e. The molecular weight excluding hydrogens is 437 g/mol. The number of amides is 1. The molecule has 34 heavy (non-hydrogen) atoms. The molecule has 1 N–H and O–H groups in total. The van der Waals surface area contributed by atoms with Crippen molar-refractivity contribution in [1.82, 2.24) is 34.8 Å². The quantitative estimate of drug-likeness (QED) is 0.503. The van der Waals surface area contributed by atoms with Gasteiger partial charge in [0.25, 0.3) is 11.5 Å². The summed E-state index contributed by atoms with van der Waals surface area (Å²) in [5, 5.41) is 15.0. The van der Waals surface area contributed by atoms with Gasteiger partial charge in [-0.05, 0) is 49.7 Å². The molecule has 0 aliphatic carbocycles. The third kappa shape index (κ3) is 3.98. The summed E-state index contributed by atoms with van der Waals surface area (Å²) in [5.41, 5.74) is 2.33. The summed E-state index contributed by atoms with van der Waals surface area (Å²) >= 11 is 0. The van der Waals surface area contributed by atoms with Crippen LogP contribution in [0.5, 0.6) is 0 Å². The van der Waals surface area contributed by atoms with E-state index in [1.54, 1.807) is 36.2 Å². The fourth-order valence-electron chi connectivity index (χ4n) is 4.23. The Hall–Kier alpha value is -4.21. The van der Waals surface area contributed by atoms with Gasteiger partial charge >= 0.3 is 0 Å². The number of rotatable bonds is 4. The number of carbonyl (C=O) groups is 1. The first kappa shape index (κ1) is 21.6. The number of aromatic amines is 1. The molecule has 10 heteroatoms. The lowest BCUT2D eigenvalue weighted by Gasteiger charge is -2.32. The number of H-pyrrole nitrogens is 1. The van der Waals surface area contributed by atoms with Crippen molar-refractivity contribution in [2.24, 2.45) is 0 Å². The summed E-state index contributed by atoms with van der Waals surface area (Å²) in [5.74, 6) is 0.267. The van der Waals surface area contributed by atoms with E-state index in [2.05, 4.69) is 25.4 Å². The van der Waals surface area contributed by atoms with E-state index >= 15 is 0 Å². The number of nitrogens with one attached hydrogen (secondary N) is 1. The first-order valence-corrected chi connectivity index (χ1v) is 10.9. The molecule has 0 bridgehead atoms. The number of pyridine rings is 1. The fraction of sp³-hybridized carbons (Fsp3) is 0.250. The van der Waals surface area contributed by atoms with Crippen LogP contribution in [-0.4, -0.2) is 47.3 Å². The topological polar surface area (TPSA) is 110 Å². The Morgan fingerprint density at radius 1 is 1.21 bits per heavy atom. The van der Waals surface area contributed by atoms with E-state index in [-0.39, 0.29) is 23.7 Å². The van der Waals surface area contributed by atoms with Crippen LogP contribution < -0.4 is 5.56 Å². The predicted octanol–water partition coefficient (Wildman–Crippen LogP) is 2.68. The molecule has 0 fully saturated rings. The molecule has 0 saturated carbocycles. The number of carbonyl (C=O) groups excluding carboxylic acids is 1. The molecule has 9 nitrogen and oxygen atoms in total. The second-order valence-corrected chi connectivity index (χ2v) is 8.42. The average molecular weight is 459 g/mol. The van der Waals surface area contributed by atoms with Crippen LogP contribution in [0.4, 0.5) is 4.39 Å². The molecule has 1 aliphatic rings. The smallest absolute Gasteiger partial charge is 0.267 e. The van der Waals surface area contributed by atoms with E-state index in [0.717, 1.165) is 5.56 Å². The van der Waals surface area contributed by atoms with Crippen LogP contribution in [0.1, 0.15) is 46.0 Å². The zero-order valence-electron chi connectivity index (χ0n) is 18.7. The number of aryl methyl sites for hydroxylation is 1. The van der Waals surface area contributed by atoms with Gasteiger partial charge in [-0.25, -0.2) is 9.49 Å². The molecule has 1 atom stereocenters. The summed E-state index contributed by atoms with van der Waals surface area (Å²) in [6.07, 6.45) is 2.05. The maximum absolute atomic E-state index is 14.7. The van der Waals surface area contributed by atoms with Crippen molar-refractivity contribution < 1.29 is 9.18 Å². The van der Waals surface area contributed by atoms with Crippen LogP contribution in [0.15, 0.2) is 53.5 Å². The number of hydrogen-bond acceptors (Lipinski definition) is 6. The molecular formula is C24H22FN7O2. The number of halogens is 1. The average Bonchev–Trinajstić information content (AvgIpc) is 3.27. The van der Waals surface area contributed by atoms with Crippen molar-refractivity contribution in [3.05, 3.63) is 93.0 Å². The summed E-state index contributed by atoms with van der Waals surface area (Å²) < 4.78 is 16.7. The second-order valence-electron chi connectivity index (χ2n) is 8.42. The molecule has 1 amide bonds. The van der Waals surface area contributed by atoms with Crippen LogP contribution in [0, 0.1) is 12.7 Å². The minimum Gasteiger partial charge on any atom is -0.329 e. The standard InChI is InChI=1S/C24H22FN7O2/c1-14-9-17(27-30-23(14)33)10-16-6-7-19(25)18(11-16)24(34)31-12-15(2)32-21(13-31)28-29-22(32)20-5-3-4-8-26-20/h3-9,11,15H,10,12-13H2,1-2H3,(H,30,33). The number of benzene rings is 1. The lowest BCUT2D eigenvalue weighted by Crippen LogP contribution is -2.41. The Morgan fingerprint density at radius 3 is 2.82 bits per heavy atom. The number of aromatic nitrogens is 6. The van der Waals surface area contributed by atoms with E-state index in [1.165, 1.54) is 6.07 Å². The molecule has 172 valence electrons. The third-order valence-electron chi connectivity index (χ3n) is 5.89.